The molecule has 19 heavy (non-hydrogen) atoms. The fourth-order valence-corrected chi connectivity index (χ4v) is 1.77. The maximum atomic E-state index is 11.7. The number of para-hydroxylation sites is 1. The summed E-state index contributed by atoms with van der Waals surface area (Å²) in [6.07, 6.45) is 1.32. The van der Waals surface area contributed by atoms with E-state index in [1.165, 1.54) is 11.0 Å². The molecule has 1 aliphatic rings. The number of fused-ring (bicyclic) bond motifs is 1. The monoisotopic (exact) mass is 261 g/mol. The first kappa shape index (κ1) is 12.9. The highest BCUT2D eigenvalue weighted by Crippen LogP contribution is 2.27. The van der Waals surface area contributed by atoms with Crippen LogP contribution in [0.25, 0.3) is 0 Å². The number of amides is 3. The third-order valence-electron chi connectivity index (χ3n) is 2.79. The Morgan fingerprint density at radius 1 is 1.37 bits per heavy atom. The molecule has 0 bridgehead atoms. The predicted octanol–water partition coefficient (Wildman–Crippen LogP) is 1.39. The Kier molecular flexibility index (Phi) is 3.41. The summed E-state index contributed by atoms with van der Waals surface area (Å²) < 4.78 is 0. The minimum absolute atomic E-state index is 0.307. The quantitative estimate of drug-likeness (QED) is 0.714. The second-order valence-corrected chi connectivity index (χ2v) is 4.41. The Hall–Kier alpha value is -2.50. The van der Waals surface area contributed by atoms with Crippen molar-refractivity contribution in [3.63, 3.8) is 0 Å². The zero-order valence-electron chi connectivity index (χ0n) is 10.7. The molecule has 0 fully saturated rings. The Balaban J connectivity index is 2.39. The Labute approximate surface area is 110 Å². The molecule has 3 N–H and O–H groups in total. The van der Waals surface area contributed by atoms with E-state index in [2.05, 4.69) is 10.6 Å². The zero-order valence-corrected chi connectivity index (χ0v) is 10.7. The molecule has 1 aromatic carbocycles. The van der Waals surface area contributed by atoms with Gasteiger partial charge in [-0.1, -0.05) is 18.2 Å². The van der Waals surface area contributed by atoms with Crippen molar-refractivity contribution in [3.05, 3.63) is 41.7 Å². The molecule has 100 valence electrons. The van der Waals surface area contributed by atoms with E-state index in [0.717, 1.165) is 5.56 Å². The highest BCUT2D eigenvalue weighted by Gasteiger charge is 2.23. The molecule has 1 heterocycles. The van der Waals surface area contributed by atoms with Crippen LogP contribution in [0.2, 0.25) is 0 Å². The highest BCUT2D eigenvalue weighted by molar-refractivity contribution is 6.03. The maximum absolute atomic E-state index is 11.7. The SMILES string of the molecule is CN(C)C(=O)NC1C=C(O)C(=O)Nc2ccccc21. The molecule has 0 spiro atoms. The molecule has 2 rings (SSSR count). The lowest BCUT2D eigenvalue weighted by atomic mass is 10.1. The van der Waals surface area contributed by atoms with Crippen molar-refractivity contribution in [2.75, 3.05) is 19.4 Å². The van der Waals surface area contributed by atoms with E-state index in [1.807, 2.05) is 0 Å². The lowest BCUT2D eigenvalue weighted by molar-refractivity contribution is -0.115. The van der Waals surface area contributed by atoms with Gasteiger partial charge in [-0.2, -0.15) is 0 Å². The summed E-state index contributed by atoms with van der Waals surface area (Å²) in [5.41, 5.74) is 1.28. The largest absolute Gasteiger partial charge is 0.503 e. The number of benzene rings is 1. The number of hydrogen-bond donors (Lipinski definition) is 3. The zero-order chi connectivity index (χ0) is 14.0. The average molecular weight is 261 g/mol. The average Bonchev–Trinajstić information content (AvgIpc) is 2.48. The molecule has 0 radical (unpaired) electrons. The van der Waals surface area contributed by atoms with Gasteiger partial charge >= 0.3 is 6.03 Å². The summed E-state index contributed by atoms with van der Waals surface area (Å²) in [5, 5.41) is 14.9. The highest BCUT2D eigenvalue weighted by atomic mass is 16.3. The van der Waals surface area contributed by atoms with E-state index in [1.54, 1.807) is 38.4 Å². The molecule has 6 heteroatoms. The number of carbonyl (C=O) groups excluding carboxylic acids is 2. The summed E-state index contributed by atoms with van der Waals surface area (Å²) in [4.78, 5) is 24.7. The second kappa shape index (κ2) is 5.01. The Morgan fingerprint density at radius 2 is 2.05 bits per heavy atom. The van der Waals surface area contributed by atoms with Gasteiger partial charge in [0.05, 0.1) is 6.04 Å². The fourth-order valence-electron chi connectivity index (χ4n) is 1.77. The molecular formula is C13H15N3O3. The van der Waals surface area contributed by atoms with Crippen LogP contribution in [-0.2, 0) is 4.79 Å². The number of aliphatic hydroxyl groups is 1. The minimum atomic E-state index is -0.589. The molecule has 1 aliphatic heterocycles. The number of hydrogen-bond acceptors (Lipinski definition) is 3. The molecule has 0 aliphatic carbocycles. The molecule has 6 nitrogen and oxygen atoms in total. The maximum Gasteiger partial charge on any atom is 0.317 e. The van der Waals surface area contributed by atoms with Crippen molar-refractivity contribution in [1.82, 2.24) is 10.2 Å². The van der Waals surface area contributed by atoms with E-state index in [-0.39, 0.29) is 6.03 Å². The van der Waals surface area contributed by atoms with E-state index < -0.39 is 17.7 Å². The van der Waals surface area contributed by atoms with Crippen molar-refractivity contribution in [3.8, 4) is 0 Å². The van der Waals surface area contributed by atoms with Crippen LogP contribution in [0, 0.1) is 0 Å². The van der Waals surface area contributed by atoms with Gasteiger partial charge in [-0.25, -0.2) is 4.79 Å². The molecule has 1 aromatic rings. The number of nitrogens with zero attached hydrogens (tertiary/aromatic N) is 1. The number of aliphatic hydroxyl groups excluding tert-OH is 1. The Morgan fingerprint density at radius 3 is 2.74 bits per heavy atom. The first-order valence-electron chi connectivity index (χ1n) is 5.78. The molecule has 0 saturated heterocycles. The predicted molar refractivity (Wildman–Crippen MR) is 70.7 cm³/mol. The van der Waals surface area contributed by atoms with Crippen LogP contribution in [-0.4, -0.2) is 36.0 Å². The smallest absolute Gasteiger partial charge is 0.317 e. The van der Waals surface area contributed by atoms with Crippen LogP contribution in [0.5, 0.6) is 0 Å². The van der Waals surface area contributed by atoms with E-state index in [4.69, 9.17) is 0 Å². The first-order valence-corrected chi connectivity index (χ1v) is 5.78. The normalized spacial score (nSPS) is 17.7. The molecule has 0 saturated carbocycles. The molecular weight excluding hydrogens is 246 g/mol. The third kappa shape index (κ3) is 2.67. The van der Waals surface area contributed by atoms with Crippen molar-refractivity contribution >= 4 is 17.6 Å². The number of carbonyl (C=O) groups is 2. The van der Waals surface area contributed by atoms with Gasteiger partial charge in [-0.15, -0.1) is 0 Å². The van der Waals surface area contributed by atoms with Gasteiger partial charge in [0.25, 0.3) is 5.91 Å². The summed E-state index contributed by atoms with van der Waals surface area (Å²) >= 11 is 0. The second-order valence-electron chi connectivity index (χ2n) is 4.41. The van der Waals surface area contributed by atoms with Gasteiger partial charge in [0.2, 0.25) is 0 Å². The fraction of sp³-hybridized carbons (Fsp3) is 0.231. The lowest BCUT2D eigenvalue weighted by Crippen LogP contribution is -2.36. The van der Waals surface area contributed by atoms with Gasteiger partial charge in [-0.3, -0.25) is 4.79 Å². The molecule has 0 aromatic heterocycles. The lowest BCUT2D eigenvalue weighted by Gasteiger charge is -2.19. The van der Waals surface area contributed by atoms with Crippen molar-refractivity contribution < 1.29 is 14.7 Å². The number of anilines is 1. The van der Waals surface area contributed by atoms with Crippen molar-refractivity contribution in [2.24, 2.45) is 0 Å². The van der Waals surface area contributed by atoms with Crippen LogP contribution in [0.3, 0.4) is 0 Å². The number of urea groups is 1. The Bertz CT molecular complexity index is 552. The first-order chi connectivity index (χ1) is 8.99. The van der Waals surface area contributed by atoms with Crippen molar-refractivity contribution in [2.45, 2.75) is 6.04 Å². The molecule has 3 amide bonds. The standard InChI is InChI=1S/C13H15N3O3/c1-16(2)13(19)15-10-7-11(17)12(18)14-9-6-4-3-5-8(9)10/h3-7,10,17H,1-2H3,(H,14,18)(H,15,19). The van der Waals surface area contributed by atoms with Gasteiger partial charge in [0, 0.05) is 25.3 Å². The summed E-state index contributed by atoms with van der Waals surface area (Å²) in [6, 6.07) is 6.20. The van der Waals surface area contributed by atoms with Crippen LogP contribution < -0.4 is 10.6 Å². The summed E-state index contributed by atoms with van der Waals surface area (Å²) in [6.45, 7) is 0. The number of nitrogens with one attached hydrogen (secondary N) is 2. The summed E-state index contributed by atoms with van der Waals surface area (Å²) in [5.74, 6) is -1.01. The molecule has 1 unspecified atom stereocenters. The van der Waals surface area contributed by atoms with Crippen LogP contribution in [0.4, 0.5) is 10.5 Å². The topological polar surface area (TPSA) is 81.7 Å². The van der Waals surface area contributed by atoms with Crippen LogP contribution >= 0.6 is 0 Å². The minimum Gasteiger partial charge on any atom is -0.503 e. The molecule has 1 atom stereocenters. The van der Waals surface area contributed by atoms with Crippen LogP contribution in [0.1, 0.15) is 11.6 Å². The van der Waals surface area contributed by atoms with E-state index in [0.29, 0.717) is 5.69 Å². The van der Waals surface area contributed by atoms with Gasteiger partial charge in [-0.05, 0) is 12.1 Å². The van der Waals surface area contributed by atoms with E-state index in [9.17, 15) is 14.7 Å². The summed E-state index contributed by atoms with van der Waals surface area (Å²) in [7, 11) is 3.23. The van der Waals surface area contributed by atoms with Gasteiger partial charge < -0.3 is 20.6 Å². The van der Waals surface area contributed by atoms with Crippen LogP contribution in [0.15, 0.2) is 36.1 Å². The van der Waals surface area contributed by atoms with Gasteiger partial charge in [0.1, 0.15) is 0 Å². The third-order valence-corrected chi connectivity index (χ3v) is 2.79. The van der Waals surface area contributed by atoms with E-state index >= 15 is 0 Å². The van der Waals surface area contributed by atoms with Crippen molar-refractivity contribution in [1.29, 1.82) is 0 Å². The van der Waals surface area contributed by atoms with Gasteiger partial charge in [0.15, 0.2) is 5.76 Å². The number of rotatable bonds is 1.